The molecule has 0 radical (unpaired) electrons. The van der Waals surface area contributed by atoms with E-state index in [1.54, 1.807) is 0 Å². The van der Waals surface area contributed by atoms with Gasteiger partial charge in [-0.1, -0.05) is 44.2 Å². The molecule has 0 saturated carbocycles. The fourth-order valence-electron chi connectivity index (χ4n) is 3.06. The highest BCUT2D eigenvalue weighted by molar-refractivity contribution is 7.87. The van der Waals surface area contributed by atoms with E-state index in [1.165, 1.54) is 4.31 Å². The van der Waals surface area contributed by atoms with Crippen LogP contribution in [0.25, 0.3) is 0 Å². The van der Waals surface area contributed by atoms with Gasteiger partial charge in [0.2, 0.25) is 0 Å². The molecule has 2 rings (SSSR count). The van der Waals surface area contributed by atoms with Crippen LogP contribution in [-0.2, 0) is 10.2 Å². The minimum absolute atomic E-state index is 0.234. The summed E-state index contributed by atoms with van der Waals surface area (Å²) in [5, 5.41) is 10.1. The van der Waals surface area contributed by atoms with Gasteiger partial charge in [-0.2, -0.15) is 12.7 Å². The molecule has 1 heterocycles. The Morgan fingerprint density at radius 2 is 1.82 bits per heavy atom. The Labute approximate surface area is 133 Å². The molecule has 1 aromatic rings. The van der Waals surface area contributed by atoms with Crippen molar-refractivity contribution in [1.82, 2.24) is 9.03 Å². The number of aliphatic hydroxyl groups is 1. The lowest BCUT2D eigenvalue weighted by Gasteiger charge is -2.34. The number of hydrogen-bond donors (Lipinski definition) is 2. The molecule has 1 aliphatic rings. The maximum atomic E-state index is 12.3. The molecule has 22 heavy (non-hydrogen) atoms. The highest BCUT2D eigenvalue weighted by atomic mass is 32.2. The predicted octanol–water partition coefficient (Wildman–Crippen LogP) is 1.92. The van der Waals surface area contributed by atoms with Gasteiger partial charge in [0.1, 0.15) is 0 Å². The number of benzene rings is 1. The predicted molar refractivity (Wildman–Crippen MR) is 87.5 cm³/mol. The molecule has 1 aliphatic heterocycles. The first-order chi connectivity index (χ1) is 10.4. The summed E-state index contributed by atoms with van der Waals surface area (Å²) in [6.07, 6.45) is 0.782. The van der Waals surface area contributed by atoms with Crippen LogP contribution in [-0.4, -0.2) is 37.5 Å². The largest absolute Gasteiger partial charge is 0.388 e. The molecule has 0 aliphatic carbocycles. The third-order valence-electron chi connectivity index (χ3n) is 4.06. The molecule has 6 heteroatoms. The molecular weight excluding hydrogens is 300 g/mol. The lowest BCUT2D eigenvalue weighted by molar-refractivity contribution is 0.168. The van der Waals surface area contributed by atoms with E-state index in [0.29, 0.717) is 31.3 Å². The number of piperidine rings is 1. The van der Waals surface area contributed by atoms with Gasteiger partial charge in [0.05, 0.1) is 6.10 Å². The molecule has 0 aromatic heterocycles. The summed E-state index contributed by atoms with van der Waals surface area (Å²) in [7, 11) is -3.45. The highest BCUT2D eigenvalue weighted by Gasteiger charge is 2.30. The summed E-state index contributed by atoms with van der Waals surface area (Å²) in [5.41, 5.74) is 0.807. The molecule has 0 unspecified atom stereocenters. The third-order valence-corrected chi connectivity index (χ3v) is 5.61. The molecule has 5 nitrogen and oxygen atoms in total. The first-order valence-corrected chi connectivity index (χ1v) is 9.30. The Morgan fingerprint density at radius 3 is 2.41 bits per heavy atom. The maximum absolute atomic E-state index is 12.3. The fourth-order valence-corrected chi connectivity index (χ4v) is 4.52. The van der Waals surface area contributed by atoms with Gasteiger partial charge in [0.15, 0.2) is 0 Å². The monoisotopic (exact) mass is 326 g/mol. The van der Waals surface area contributed by atoms with E-state index in [2.05, 4.69) is 18.6 Å². The van der Waals surface area contributed by atoms with E-state index in [-0.39, 0.29) is 6.54 Å². The van der Waals surface area contributed by atoms with Gasteiger partial charge < -0.3 is 5.11 Å². The van der Waals surface area contributed by atoms with Crippen LogP contribution in [0.1, 0.15) is 38.4 Å². The Kier molecular flexibility index (Phi) is 5.97. The van der Waals surface area contributed by atoms with Gasteiger partial charge >= 0.3 is 0 Å². The van der Waals surface area contributed by atoms with E-state index in [4.69, 9.17) is 0 Å². The topological polar surface area (TPSA) is 69.6 Å². The zero-order valence-electron chi connectivity index (χ0n) is 13.3. The smallest absolute Gasteiger partial charge is 0.279 e. The van der Waals surface area contributed by atoms with Crippen LogP contribution in [0.2, 0.25) is 0 Å². The number of aliphatic hydroxyl groups excluding tert-OH is 1. The van der Waals surface area contributed by atoms with Gasteiger partial charge in [-0.05, 0) is 30.2 Å². The summed E-state index contributed by atoms with van der Waals surface area (Å²) in [4.78, 5) is 0. The van der Waals surface area contributed by atoms with E-state index in [1.807, 2.05) is 30.3 Å². The molecular formula is C16H26N2O3S. The summed E-state index contributed by atoms with van der Waals surface area (Å²) < 4.78 is 28.8. The van der Waals surface area contributed by atoms with Gasteiger partial charge in [-0.3, -0.25) is 0 Å². The van der Waals surface area contributed by atoms with Crippen LogP contribution < -0.4 is 4.72 Å². The second kappa shape index (κ2) is 7.55. The average molecular weight is 326 g/mol. The zero-order valence-corrected chi connectivity index (χ0v) is 14.1. The lowest BCUT2D eigenvalue weighted by Crippen LogP contribution is -2.48. The molecule has 0 bridgehead atoms. The van der Waals surface area contributed by atoms with Crippen molar-refractivity contribution in [1.29, 1.82) is 0 Å². The van der Waals surface area contributed by atoms with Crippen molar-refractivity contribution in [2.24, 2.45) is 11.8 Å². The maximum Gasteiger partial charge on any atom is 0.279 e. The Morgan fingerprint density at radius 1 is 1.23 bits per heavy atom. The van der Waals surface area contributed by atoms with Gasteiger partial charge in [0, 0.05) is 19.6 Å². The molecule has 124 valence electrons. The minimum Gasteiger partial charge on any atom is -0.388 e. The van der Waals surface area contributed by atoms with Crippen molar-refractivity contribution in [2.45, 2.75) is 32.8 Å². The Bertz CT molecular complexity index is 552. The summed E-state index contributed by atoms with van der Waals surface area (Å²) in [6, 6.07) is 9.29. The first-order valence-electron chi connectivity index (χ1n) is 7.86. The number of nitrogens with one attached hydrogen (secondary N) is 1. The van der Waals surface area contributed by atoms with Crippen molar-refractivity contribution in [3.8, 4) is 0 Å². The second-order valence-electron chi connectivity index (χ2n) is 6.38. The van der Waals surface area contributed by atoms with E-state index in [0.717, 1.165) is 12.0 Å². The number of rotatable bonds is 6. The van der Waals surface area contributed by atoms with Crippen LogP contribution in [0.5, 0.6) is 0 Å². The standard InChI is InChI=1S/C16H26N2O3S/c1-13-10-14(2)12-18(11-13)22(20,21)17-9-8-16(19)15-6-4-3-5-7-15/h3-7,13-14,16-17,19H,8-12H2,1-2H3/t13-,14-,16-/m1/s1. The number of hydrogen-bond acceptors (Lipinski definition) is 3. The van der Waals surface area contributed by atoms with Crippen molar-refractivity contribution in [3.63, 3.8) is 0 Å². The van der Waals surface area contributed by atoms with Gasteiger partial charge in [0.25, 0.3) is 10.2 Å². The van der Waals surface area contributed by atoms with Crippen LogP contribution >= 0.6 is 0 Å². The highest BCUT2D eigenvalue weighted by Crippen LogP contribution is 2.22. The average Bonchev–Trinajstić information content (AvgIpc) is 2.47. The quantitative estimate of drug-likeness (QED) is 0.839. The van der Waals surface area contributed by atoms with Crippen molar-refractivity contribution < 1.29 is 13.5 Å². The Balaban J connectivity index is 1.85. The van der Waals surface area contributed by atoms with E-state index in [9.17, 15) is 13.5 Å². The summed E-state index contributed by atoms with van der Waals surface area (Å²) >= 11 is 0. The van der Waals surface area contributed by atoms with Gasteiger partial charge in [-0.15, -0.1) is 0 Å². The molecule has 2 N–H and O–H groups in total. The second-order valence-corrected chi connectivity index (χ2v) is 8.13. The van der Waals surface area contributed by atoms with E-state index < -0.39 is 16.3 Å². The molecule has 3 atom stereocenters. The number of nitrogens with zero attached hydrogens (tertiary/aromatic N) is 1. The van der Waals surface area contributed by atoms with Gasteiger partial charge in [-0.25, -0.2) is 4.72 Å². The molecule has 1 fully saturated rings. The third kappa shape index (κ3) is 4.78. The Hall–Kier alpha value is -0.950. The lowest BCUT2D eigenvalue weighted by atomic mass is 9.94. The molecule has 0 amide bonds. The van der Waals surface area contributed by atoms with Crippen molar-refractivity contribution in [2.75, 3.05) is 19.6 Å². The normalized spacial score (nSPS) is 25.0. The zero-order chi connectivity index (χ0) is 16.2. The molecule has 1 saturated heterocycles. The van der Waals surface area contributed by atoms with Crippen molar-refractivity contribution in [3.05, 3.63) is 35.9 Å². The van der Waals surface area contributed by atoms with Crippen LogP contribution in [0.3, 0.4) is 0 Å². The first kappa shape index (κ1) is 17.4. The van der Waals surface area contributed by atoms with Crippen LogP contribution in [0.15, 0.2) is 30.3 Å². The van der Waals surface area contributed by atoms with Crippen molar-refractivity contribution >= 4 is 10.2 Å². The molecule has 0 spiro atoms. The SMILES string of the molecule is C[C@@H]1C[C@@H](C)CN(S(=O)(=O)NCC[C@@H](O)c2ccccc2)C1. The fraction of sp³-hybridized carbons (Fsp3) is 0.625. The molecule has 1 aromatic carbocycles. The van der Waals surface area contributed by atoms with Crippen LogP contribution in [0.4, 0.5) is 0 Å². The van der Waals surface area contributed by atoms with E-state index >= 15 is 0 Å². The minimum atomic E-state index is -3.45. The summed E-state index contributed by atoms with van der Waals surface area (Å²) in [5.74, 6) is 0.769. The summed E-state index contributed by atoms with van der Waals surface area (Å²) in [6.45, 7) is 5.54. The van der Waals surface area contributed by atoms with Crippen LogP contribution in [0, 0.1) is 11.8 Å².